The number of nitrogens with zero attached hydrogens (tertiary/aromatic N) is 3. The first-order valence-corrected chi connectivity index (χ1v) is 7.56. The Morgan fingerprint density at radius 2 is 2.32 bits per heavy atom. The molecule has 1 aliphatic heterocycles. The summed E-state index contributed by atoms with van der Waals surface area (Å²) in [5.41, 5.74) is -0.580. The van der Waals surface area contributed by atoms with E-state index in [-0.39, 0.29) is 24.8 Å². The van der Waals surface area contributed by atoms with Gasteiger partial charge < -0.3 is 15.0 Å². The van der Waals surface area contributed by atoms with Gasteiger partial charge in [-0.25, -0.2) is 0 Å². The van der Waals surface area contributed by atoms with Gasteiger partial charge in [0.2, 0.25) is 11.8 Å². The first-order chi connectivity index (χ1) is 10.5. The van der Waals surface area contributed by atoms with E-state index in [0.717, 1.165) is 12.8 Å². The van der Waals surface area contributed by atoms with Crippen LogP contribution < -0.4 is 5.32 Å². The minimum Gasteiger partial charge on any atom is -0.382 e. The third-order valence-electron chi connectivity index (χ3n) is 3.98. The molecule has 0 unspecified atom stereocenters. The quantitative estimate of drug-likeness (QED) is 0.833. The fraction of sp³-hybridized carbons (Fsp3) is 0.643. The molecule has 0 bridgehead atoms. The zero-order valence-corrected chi connectivity index (χ0v) is 13.6. The van der Waals surface area contributed by atoms with Crippen LogP contribution in [-0.4, -0.2) is 59.3 Å². The minimum atomic E-state index is -0.580. The third kappa shape index (κ3) is 3.59. The summed E-state index contributed by atoms with van der Waals surface area (Å²) in [5.74, 6) is -0.183. The van der Waals surface area contributed by atoms with Crippen LogP contribution in [0.3, 0.4) is 0 Å². The molecule has 1 aliphatic rings. The predicted octanol–water partition coefficient (Wildman–Crippen LogP) is 0.680. The Kier molecular flexibility index (Phi) is 5.42. The fourth-order valence-electron chi connectivity index (χ4n) is 3.02. The van der Waals surface area contributed by atoms with Crippen LogP contribution in [0.25, 0.3) is 0 Å². The maximum Gasteiger partial charge on any atom is 0.244 e. The van der Waals surface area contributed by atoms with E-state index in [1.807, 2.05) is 0 Å². The van der Waals surface area contributed by atoms with Crippen molar-refractivity contribution in [2.75, 3.05) is 27.3 Å². The van der Waals surface area contributed by atoms with Crippen LogP contribution in [0.5, 0.6) is 0 Å². The number of aromatic nitrogens is 2. The van der Waals surface area contributed by atoms with Gasteiger partial charge in [0.1, 0.15) is 6.54 Å². The summed E-state index contributed by atoms with van der Waals surface area (Å²) < 4.78 is 6.79. The minimum absolute atomic E-state index is 0.0850. The lowest BCUT2D eigenvalue weighted by Crippen LogP contribution is -2.53. The molecule has 2 heterocycles. The molecule has 0 spiro atoms. The van der Waals surface area contributed by atoms with Gasteiger partial charge in [0.05, 0.1) is 29.8 Å². The summed E-state index contributed by atoms with van der Waals surface area (Å²) in [6, 6.07) is 0. The van der Waals surface area contributed by atoms with Crippen LogP contribution in [0.2, 0.25) is 5.02 Å². The summed E-state index contributed by atoms with van der Waals surface area (Å²) >= 11 is 5.82. The number of nitrogens with one attached hydrogen (secondary N) is 1. The molecule has 2 amide bonds. The molecule has 1 fully saturated rings. The van der Waals surface area contributed by atoms with Crippen molar-refractivity contribution in [1.82, 2.24) is 20.0 Å². The van der Waals surface area contributed by atoms with Gasteiger partial charge in [0.15, 0.2) is 0 Å². The first kappa shape index (κ1) is 16.8. The van der Waals surface area contributed by atoms with Crippen molar-refractivity contribution in [3.63, 3.8) is 0 Å². The molecule has 7 nitrogen and oxygen atoms in total. The van der Waals surface area contributed by atoms with E-state index in [0.29, 0.717) is 18.2 Å². The molecule has 1 aromatic rings. The van der Waals surface area contributed by atoms with Gasteiger partial charge in [-0.05, 0) is 12.8 Å². The van der Waals surface area contributed by atoms with E-state index < -0.39 is 5.54 Å². The lowest BCUT2D eigenvalue weighted by Gasteiger charge is -2.37. The van der Waals surface area contributed by atoms with Crippen molar-refractivity contribution in [1.29, 1.82) is 0 Å². The SMILES string of the molecule is CNC(=O)C[C@]1(COC)CCCN1C(=O)Cn1cc(Cl)cn1. The van der Waals surface area contributed by atoms with Crippen molar-refractivity contribution >= 4 is 23.4 Å². The zero-order valence-electron chi connectivity index (χ0n) is 12.8. The predicted molar refractivity (Wildman–Crippen MR) is 81.5 cm³/mol. The molecule has 1 atom stereocenters. The zero-order chi connectivity index (χ0) is 16.2. The highest BCUT2D eigenvalue weighted by atomic mass is 35.5. The van der Waals surface area contributed by atoms with Gasteiger partial charge in [0.25, 0.3) is 0 Å². The van der Waals surface area contributed by atoms with Crippen LogP contribution in [0.1, 0.15) is 19.3 Å². The Morgan fingerprint density at radius 1 is 1.55 bits per heavy atom. The molecule has 1 saturated heterocycles. The van der Waals surface area contributed by atoms with E-state index in [1.54, 1.807) is 25.3 Å². The maximum atomic E-state index is 12.6. The lowest BCUT2D eigenvalue weighted by molar-refractivity contribution is -0.140. The normalized spacial score (nSPS) is 21.1. The lowest BCUT2D eigenvalue weighted by atomic mass is 9.92. The topological polar surface area (TPSA) is 76.5 Å². The van der Waals surface area contributed by atoms with Crippen LogP contribution in [-0.2, 0) is 20.9 Å². The number of halogens is 1. The number of hydrogen-bond donors (Lipinski definition) is 1. The third-order valence-corrected chi connectivity index (χ3v) is 4.17. The van der Waals surface area contributed by atoms with Crippen LogP contribution in [0.4, 0.5) is 0 Å². The number of amides is 2. The van der Waals surface area contributed by atoms with E-state index in [4.69, 9.17) is 16.3 Å². The molecule has 0 aliphatic carbocycles. The van der Waals surface area contributed by atoms with Crippen molar-refractivity contribution in [2.45, 2.75) is 31.3 Å². The van der Waals surface area contributed by atoms with Crippen LogP contribution >= 0.6 is 11.6 Å². The van der Waals surface area contributed by atoms with E-state index in [9.17, 15) is 9.59 Å². The largest absolute Gasteiger partial charge is 0.382 e. The van der Waals surface area contributed by atoms with Crippen LogP contribution in [0.15, 0.2) is 12.4 Å². The highest BCUT2D eigenvalue weighted by Crippen LogP contribution is 2.33. The first-order valence-electron chi connectivity index (χ1n) is 7.19. The monoisotopic (exact) mass is 328 g/mol. The van der Waals surface area contributed by atoms with Crippen molar-refractivity contribution < 1.29 is 14.3 Å². The second-order valence-electron chi connectivity index (χ2n) is 5.51. The summed E-state index contributed by atoms with van der Waals surface area (Å²) in [6.45, 7) is 1.06. The highest BCUT2D eigenvalue weighted by molar-refractivity contribution is 6.30. The Hall–Kier alpha value is -1.60. The number of rotatable bonds is 6. The van der Waals surface area contributed by atoms with Gasteiger partial charge in [-0.3, -0.25) is 14.3 Å². The molecule has 122 valence electrons. The van der Waals surface area contributed by atoms with Gasteiger partial charge in [0, 0.05) is 26.9 Å². The second-order valence-corrected chi connectivity index (χ2v) is 5.95. The average molecular weight is 329 g/mol. The number of carbonyl (C=O) groups excluding carboxylic acids is 2. The molecular weight excluding hydrogens is 308 g/mol. The van der Waals surface area contributed by atoms with E-state index in [2.05, 4.69) is 10.4 Å². The summed E-state index contributed by atoms with van der Waals surface area (Å²) in [5, 5.41) is 7.13. The van der Waals surface area contributed by atoms with Gasteiger partial charge in [-0.1, -0.05) is 11.6 Å². The smallest absolute Gasteiger partial charge is 0.244 e. The van der Waals surface area contributed by atoms with Gasteiger partial charge in [-0.15, -0.1) is 0 Å². The Bertz CT molecular complexity index is 548. The fourth-order valence-corrected chi connectivity index (χ4v) is 3.17. The molecule has 0 aromatic carbocycles. The molecule has 0 radical (unpaired) electrons. The van der Waals surface area contributed by atoms with E-state index in [1.165, 1.54) is 10.9 Å². The Morgan fingerprint density at radius 3 is 2.91 bits per heavy atom. The molecule has 1 N–H and O–H groups in total. The number of hydrogen-bond acceptors (Lipinski definition) is 4. The molecular formula is C14H21ClN4O3. The van der Waals surface area contributed by atoms with Crippen LogP contribution in [0, 0.1) is 0 Å². The summed E-state index contributed by atoms with van der Waals surface area (Å²) in [6.07, 6.45) is 4.94. The van der Waals surface area contributed by atoms with Crippen molar-refractivity contribution in [2.24, 2.45) is 0 Å². The average Bonchev–Trinajstić information content (AvgIpc) is 3.06. The number of ether oxygens (including phenoxy) is 1. The molecule has 2 rings (SSSR count). The molecule has 0 saturated carbocycles. The van der Waals surface area contributed by atoms with Gasteiger partial charge in [-0.2, -0.15) is 5.10 Å². The Balaban J connectivity index is 2.14. The Labute approximate surface area is 134 Å². The maximum absolute atomic E-state index is 12.6. The standard InChI is InChI=1S/C14H21ClN4O3/c1-16-12(20)6-14(10-22-2)4-3-5-19(14)13(21)9-18-8-11(15)7-17-18/h7-8H,3-6,9-10H2,1-2H3,(H,16,20)/t14-/m0/s1. The van der Waals surface area contributed by atoms with Crippen molar-refractivity contribution in [3.05, 3.63) is 17.4 Å². The summed E-state index contributed by atoms with van der Waals surface area (Å²) in [4.78, 5) is 26.2. The number of methoxy groups -OCH3 is 1. The highest BCUT2D eigenvalue weighted by Gasteiger charge is 2.45. The molecule has 8 heteroatoms. The molecule has 1 aromatic heterocycles. The summed E-state index contributed by atoms with van der Waals surface area (Å²) in [7, 11) is 3.18. The second kappa shape index (κ2) is 7.11. The van der Waals surface area contributed by atoms with E-state index >= 15 is 0 Å². The van der Waals surface area contributed by atoms with Gasteiger partial charge >= 0.3 is 0 Å². The number of carbonyl (C=O) groups is 2. The molecule has 22 heavy (non-hydrogen) atoms. The number of likely N-dealkylation sites (tertiary alicyclic amines) is 1. The van der Waals surface area contributed by atoms with Crippen molar-refractivity contribution in [3.8, 4) is 0 Å².